The zero-order chi connectivity index (χ0) is 22.2. The van der Waals surface area contributed by atoms with Gasteiger partial charge in [-0.05, 0) is 32.3 Å². The van der Waals surface area contributed by atoms with Crippen molar-refractivity contribution in [1.82, 2.24) is 19.2 Å². The lowest BCUT2D eigenvalue weighted by molar-refractivity contribution is 0.120. The molecule has 2 aromatic heterocycles. The first-order valence-electron chi connectivity index (χ1n) is 9.75. The van der Waals surface area contributed by atoms with Crippen LogP contribution in [0.3, 0.4) is 0 Å². The second-order valence-corrected chi connectivity index (χ2v) is 7.53. The van der Waals surface area contributed by atoms with Crippen LogP contribution in [0.1, 0.15) is 0 Å². The fourth-order valence-corrected chi connectivity index (χ4v) is 3.37. The van der Waals surface area contributed by atoms with Gasteiger partial charge in [-0.15, -0.1) is 3.89 Å². The predicted molar refractivity (Wildman–Crippen MR) is 122 cm³/mol. The highest BCUT2D eigenvalue weighted by atomic mass is 32.2. The summed E-state index contributed by atoms with van der Waals surface area (Å²) < 4.78 is 25.8. The van der Waals surface area contributed by atoms with Crippen molar-refractivity contribution in [3.8, 4) is 16.9 Å². The molecule has 3 rings (SSSR count). The predicted octanol–water partition coefficient (Wildman–Crippen LogP) is 3.79. The number of carbonyl (C=O) groups excluding carboxylic acids is 1. The first kappa shape index (κ1) is 22.9. The van der Waals surface area contributed by atoms with E-state index < -0.39 is 6.03 Å². The van der Waals surface area contributed by atoms with E-state index in [2.05, 4.69) is 15.6 Å². The minimum atomic E-state index is -0.404. The van der Waals surface area contributed by atoms with Crippen molar-refractivity contribution in [2.45, 2.75) is 0 Å². The van der Waals surface area contributed by atoms with Gasteiger partial charge in [0.05, 0.1) is 20.3 Å². The molecule has 0 radical (unpaired) electrons. The Morgan fingerprint density at radius 3 is 2.74 bits per heavy atom. The topological polar surface area (TPSA) is 80.6 Å². The number of para-hydroxylation sites is 1. The van der Waals surface area contributed by atoms with E-state index in [9.17, 15) is 8.68 Å². The van der Waals surface area contributed by atoms with Crippen LogP contribution in [0.15, 0.2) is 42.6 Å². The average Bonchev–Trinajstić information content (AvgIpc) is 3.13. The number of fused-ring (bicyclic) bond motifs is 1. The molecule has 0 spiro atoms. The van der Waals surface area contributed by atoms with Gasteiger partial charge in [-0.3, -0.25) is 5.32 Å². The summed E-state index contributed by atoms with van der Waals surface area (Å²) in [7, 11) is 5.53. The number of benzene rings is 1. The molecule has 1 aromatic carbocycles. The Bertz CT molecular complexity index is 1030. The monoisotopic (exact) mass is 447 g/mol. The number of hydrogen-bond acceptors (Lipinski definition) is 6. The van der Waals surface area contributed by atoms with Crippen molar-refractivity contribution >= 4 is 35.2 Å². The summed E-state index contributed by atoms with van der Waals surface area (Å²) in [6.07, 6.45) is 1.66. The lowest BCUT2D eigenvalue weighted by Crippen LogP contribution is -2.32. The van der Waals surface area contributed by atoms with E-state index in [1.807, 2.05) is 43.3 Å². The first-order chi connectivity index (χ1) is 15.0. The van der Waals surface area contributed by atoms with Gasteiger partial charge in [-0.1, -0.05) is 18.2 Å². The van der Waals surface area contributed by atoms with E-state index in [1.54, 1.807) is 25.4 Å². The summed E-state index contributed by atoms with van der Waals surface area (Å²) in [5, 5.41) is 6.13. The number of anilines is 1. The quantitative estimate of drug-likeness (QED) is 0.460. The van der Waals surface area contributed by atoms with Gasteiger partial charge in [0.2, 0.25) is 0 Å². The van der Waals surface area contributed by atoms with E-state index in [1.165, 1.54) is 3.97 Å². The van der Waals surface area contributed by atoms with E-state index in [-0.39, 0.29) is 12.3 Å². The van der Waals surface area contributed by atoms with Crippen LogP contribution in [0.25, 0.3) is 22.2 Å². The van der Waals surface area contributed by atoms with Crippen molar-refractivity contribution in [2.75, 3.05) is 52.8 Å². The number of rotatable bonds is 10. The van der Waals surface area contributed by atoms with Crippen LogP contribution >= 0.6 is 12.3 Å². The molecule has 0 aliphatic heterocycles. The summed E-state index contributed by atoms with van der Waals surface area (Å²) in [5.74, 6) is 0.998. The molecule has 0 aliphatic rings. The lowest BCUT2D eigenvalue weighted by atomic mass is 10.0. The highest BCUT2D eigenvalue weighted by Crippen LogP contribution is 2.37. The summed E-state index contributed by atoms with van der Waals surface area (Å²) >= 11 is 0.0433. The number of nitrogens with zero attached hydrogens (tertiary/aromatic N) is 3. The third-order valence-electron chi connectivity index (χ3n) is 4.55. The van der Waals surface area contributed by atoms with E-state index in [0.29, 0.717) is 37.0 Å². The molecule has 3 aromatic rings. The second-order valence-electron chi connectivity index (χ2n) is 7.00. The zero-order valence-electron chi connectivity index (χ0n) is 17.7. The molecule has 0 aliphatic carbocycles. The Morgan fingerprint density at radius 1 is 1.19 bits per heavy atom. The van der Waals surface area contributed by atoms with Crippen molar-refractivity contribution in [3.63, 3.8) is 0 Å². The molecule has 31 heavy (non-hydrogen) atoms. The molecule has 8 nitrogen and oxygen atoms in total. The fraction of sp³-hybridized carbons (Fsp3) is 0.333. The van der Waals surface area contributed by atoms with Crippen molar-refractivity contribution < 1.29 is 18.2 Å². The van der Waals surface area contributed by atoms with Gasteiger partial charge in [0, 0.05) is 35.8 Å². The standard InChI is InChI=1S/C21H26FN5O3S/c1-26(2)11-13-30-12-10-23-21(28)25-19-9-8-16-17(14-27(31-22)20(16)24-19)15-6-4-5-7-18(15)29-3/h4-9,14H,10-13H2,1-3H3,(H2,23,24,25,28). The lowest BCUT2D eigenvalue weighted by Gasteiger charge is -2.11. The Morgan fingerprint density at radius 2 is 2.00 bits per heavy atom. The molecule has 2 heterocycles. The van der Waals surface area contributed by atoms with Crippen LogP contribution < -0.4 is 15.4 Å². The third kappa shape index (κ3) is 5.87. The minimum Gasteiger partial charge on any atom is -0.496 e. The smallest absolute Gasteiger partial charge is 0.320 e. The summed E-state index contributed by atoms with van der Waals surface area (Å²) in [5.41, 5.74) is 2.02. The molecular weight excluding hydrogens is 421 g/mol. The number of ether oxygens (including phenoxy) is 2. The van der Waals surface area contributed by atoms with E-state index in [0.717, 1.165) is 23.1 Å². The average molecular weight is 448 g/mol. The number of carbonyl (C=O) groups is 1. The molecule has 0 saturated carbocycles. The Hall–Kier alpha value is -2.82. The Kier molecular flexibility index (Phi) is 8.10. The maximum Gasteiger partial charge on any atom is 0.320 e. The van der Waals surface area contributed by atoms with Gasteiger partial charge in [0.25, 0.3) is 0 Å². The number of hydrogen-bond donors (Lipinski definition) is 2. The molecular formula is C21H26FN5O3S. The highest BCUT2D eigenvalue weighted by molar-refractivity contribution is 7.92. The van der Waals surface area contributed by atoms with Crippen molar-refractivity contribution in [1.29, 1.82) is 0 Å². The number of amides is 2. The maximum absolute atomic E-state index is 13.6. The molecule has 0 unspecified atom stereocenters. The van der Waals surface area contributed by atoms with Crippen molar-refractivity contribution in [3.05, 3.63) is 42.6 Å². The minimum absolute atomic E-state index is 0.0433. The molecule has 2 N–H and O–H groups in total. The van der Waals surface area contributed by atoms with Crippen LogP contribution in [-0.2, 0) is 4.74 Å². The zero-order valence-corrected chi connectivity index (χ0v) is 18.5. The molecule has 166 valence electrons. The van der Waals surface area contributed by atoms with Crippen LogP contribution in [-0.4, -0.2) is 67.4 Å². The number of pyridine rings is 1. The van der Waals surface area contributed by atoms with Crippen LogP contribution in [0.2, 0.25) is 0 Å². The van der Waals surface area contributed by atoms with Crippen LogP contribution in [0.4, 0.5) is 14.5 Å². The number of halogens is 1. The number of likely N-dealkylation sites (N-methyl/N-ethyl adjacent to an activating group) is 1. The number of aromatic nitrogens is 2. The van der Waals surface area contributed by atoms with Gasteiger partial charge in [0.15, 0.2) is 18.0 Å². The number of methoxy groups -OCH3 is 1. The molecule has 0 fully saturated rings. The highest BCUT2D eigenvalue weighted by Gasteiger charge is 2.16. The Labute approximate surface area is 185 Å². The van der Waals surface area contributed by atoms with Gasteiger partial charge in [-0.25, -0.2) is 13.8 Å². The number of urea groups is 1. The summed E-state index contributed by atoms with van der Waals surface area (Å²) in [6, 6.07) is 10.6. The van der Waals surface area contributed by atoms with Gasteiger partial charge in [-0.2, -0.15) is 0 Å². The normalized spacial score (nSPS) is 11.1. The van der Waals surface area contributed by atoms with E-state index >= 15 is 0 Å². The molecule has 2 amide bonds. The first-order valence-corrected chi connectivity index (χ1v) is 10.4. The summed E-state index contributed by atoms with van der Waals surface area (Å²) in [4.78, 5) is 18.6. The van der Waals surface area contributed by atoms with Gasteiger partial charge in [0.1, 0.15) is 11.6 Å². The molecule has 0 bridgehead atoms. The molecule has 0 atom stereocenters. The maximum atomic E-state index is 13.6. The SMILES string of the molecule is COc1ccccc1-c1cn(SF)c2nc(NC(=O)NCCOCCN(C)C)ccc12. The van der Waals surface area contributed by atoms with Crippen molar-refractivity contribution in [2.24, 2.45) is 0 Å². The van der Waals surface area contributed by atoms with Gasteiger partial charge >= 0.3 is 6.03 Å². The second kappa shape index (κ2) is 11.0. The Balaban J connectivity index is 1.69. The van der Waals surface area contributed by atoms with Gasteiger partial charge < -0.3 is 19.7 Å². The largest absolute Gasteiger partial charge is 0.496 e. The van der Waals surface area contributed by atoms with Crippen LogP contribution in [0.5, 0.6) is 5.75 Å². The summed E-state index contributed by atoms with van der Waals surface area (Å²) in [6.45, 7) is 2.20. The molecule has 0 saturated heterocycles. The van der Waals surface area contributed by atoms with Crippen LogP contribution in [0, 0.1) is 0 Å². The third-order valence-corrected chi connectivity index (χ3v) is 4.98. The number of nitrogens with one attached hydrogen (secondary N) is 2. The molecule has 10 heteroatoms. The van der Waals surface area contributed by atoms with E-state index in [4.69, 9.17) is 9.47 Å². The fourth-order valence-electron chi connectivity index (χ4n) is 3.02.